The lowest BCUT2D eigenvalue weighted by Gasteiger charge is -2.17. The highest BCUT2D eigenvalue weighted by atomic mass is 32.2. The van der Waals surface area contributed by atoms with Crippen molar-refractivity contribution >= 4 is 52.3 Å². The van der Waals surface area contributed by atoms with Crippen LogP contribution in [0.15, 0.2) is 57.4 Å². The molecule has 3 nitrogen and oxygen atoms in total. The van der Waals surface area contributed by atoms with Gasteiger partial charge in [-0.15, -0.1) is 11.8 Å². The van der Waals surface area contributed by atoms with Crippen LogP contribution in [-0.4, -0.2) is 22.3 Å². The van der Waals surface area contributed by atoms with Gasteiger partial charge < -0.3 is 5.32 Å². The molecule has 0 saturated heterocycles. The van der Waals surface area contributed by atoms with Crippen LogP contribution in [0.2, 0.25) is 0 Å². The highest BCUT2D eigenvalue weighted by Crippen LogP contribution is 2.30. The molecule has 0 saturated carbocycles. The third-order valence-corrected chi connectivity index (χ3v) is 5.47. The van der Waals surface area contributed by atoms with Crippen molar-refractivity contribution < 1.29 is 13.2 Å². The molecule has 3 rings (SSSR count). The van der Waals surface area contributed by atoms with Crippen molar-refractivity contribution in [1.82, 2.24) is 5.43 Å². The fourth-order valence-corrected chi connectivity index (χ4v) is 4.03. The molecule has 0 radical (unpaired) electrons. The van der Waals surface area contributed by atoms with E-state index in [2.05, 4.69) is 15.8 Å². The van der Waals surface area contributed by atoms with Gasteiger partial charge in [0.2, 0.25) is 0 Å². The van der Waals surface area contributed by atoms with Crippen LogP contribution < -0.4 is 10.7 Å². The molecule has 0 fully saturated rings. The number of nitrogens with zero attached hydrogens (tertiary/aromatic N) is 1. The highest BCUT2D eigenvalue weighted by molar-refractivity contribution is 7.99. The molecule has 136 valence electrons. The number of hydrogen-bond acceptors (Lipinski definition) is 4. The maximum Gasteiger partial charge on any atom is 0.288 e. The van der Waals surface area contributed by atoms with Crippen molar-refractivity contribution in [3.05, 3.63) is 53.8 Å². The molecule has 0 aliphatic carbocycles. The number of hydrazone groups is 1. The maximum absolute atomic E-state index is 13.5. The number of halogens is 3. The number of rotatable bonds is 4. The molecule has 2 N–H and O–H groups in total. The van der Waals surface area contributed by atoms with Gasteiger partial charge in [0.15, 0.2) is 5.11 Å². The van der Waals surface area contributed by atoms with Crippen LogP contribution >= 0.6 is 35.7 Å². The minimum Gasteiger partial charge on any atom is -0.331 e. The summed E-state index contributed by atoms with van der Waals surface area (Å²) in [5.74, 6) is -1.89. The fraction of sp³-hybridized carbons (Fsp3) is 0.176. The van der Waals surface area contributed by atoms with E-state index in [9.17, 15) is 13.2 Å². The van der Waals surface area contributed by atoms with Crippen LogP contribution in [-0.2, 0) is 0 Å². The molecule has 2 aromatic carbocycles. The number of fused-ring (bicyclic) bond motifs is 1. The highest BCUT2D eigenvalue weighted by Gasteiger charge is 2.17. The second-order valence-corrected chi connectivity index (χ2v) is 7.87. The summed E-state index contributed by atoms with van der Waals surface area (Å²) in [6.07, 6.45) is 0.705. The SMILES string of the molecule is Fc1ccc2c(c1)C(=NNC(=S)Nc1ccc(SC(F)F)cc1)CCS2. The molecule has 1 aliphatic rings. The van der Waals surface area contributed by atoms with Gasteiger partial charge in [-0.05, 0) is 54.7 Å². The summed E-state index contributed by atoms with van der Waals surface area (Å²) in [5.41, 5.74) is 4.93. The van der Waals surface area contributed by atoms with E-state index in [0.29, 0.717) is 28.8 Å². The summed E-state index contributed by atoms with van der Waals surface area (Å²) in [6, 6.07) is 11.2. The van der Waals surface area contributed by atoms with Crippen molar-refractivity contribution in [2.75, 3.05) is 11.1 Å². The Balaban J connectivity index is 1.62. The number of nitrogens with one attached hydrogen (secondary N) is 2. The molecule has 0 atom stereocenters. The number of hydrogen-bond donors (Lipinski definition) is 2. The average molecular weight is 414 g/mol. The first kappa shape index (κ1) is 19.1. The molecule has 0 amide bonds. The lowest BCUT2D eigenvalue weighted by molar-refractivity contribution is 0.252. The minimum absolute atomic E-state index is 0.267. The predicted octanol–water partition coefficient (Wildman–Crippen LogP) is 5.33. The number of thiocarbonyl (C=S) groups is 1. The van der Waals surface area contributed by atoms with Gasteiger partial charge in [0, 0.05) is 33.2 Å². The van der Waals surface area contributed by atoms with Crippen LogP contribution in [0.5, 0.6) is 0 Å². The number of benzene rings is 2. The van der Waals surface area contributed by atoms with Crippen LogP contribution in [0.3, 0.4) is 0 Å². The monoisotopic (exact) mass is 413 g/mol. The molecular weight excluding hydrogens is 399 g/mol. The largest absolute Gasteiger partial charge is 0.331 e. The van der Waals surface area contributed by atoms with E-state index in [-0.39, 0.29) is 10.9 Å². The van der Waals surface area contributed by atoms with Gasteiger partial charge in [0.05, 0.1) is 5.71 Å². The molecule has 0 bridgehead atoms. The molecule has 0 unspecified atom stereocenters. The smallest absolute Gasteiger partial charge is 0.288 e. The van der Waals surface area contributed by atoms with E-state index in [1.165, 1.54) is 12.1 Å². The van der Waals surface area contributed by atoms with Gasteiger partial charge in [0.25, 0.3) is 5.76 Å². The molecule has 9 heteroatoms. The zero-order valence-electron chi connectivity index (χ0n) is 13.3. The van der Waals surface area contributed by atoms with Gasteiger partial charge in [-0.25, -0.2) is 4.39 Å². The topological polar surface area (TPSA) is 36.4 Å². The Morgan fingerprint density at radius 1 is 1.19 bits per heavy atom. The van der Waals surface area contributed by atoms with E-state index in [4.69, 9.17) is 12.2 Å². The normalized spacial score (nSPS) is 15.0. The molecule has 2 aromatic rings. The maximum atomic E-state index is 13.5. The predicted molar refractivity (Wildman–Crippen MR) is 106 cm³/mol. The number of anilines is 1. The van der Waals surface area contributed by atoms with Crippen molar-refractivity contribution in [2.45, 2.75) is 22.0 Å². The standard InChI is InChI=1S/C17H14F3N3S3/c18-10-1-6-15-13(9-10)14(7-8-25-15)22-23-17(24)21-11-2-4-12(5-3-11)26-16(19)20/h1-6,9,16H,7-8H2,(H2,21,23,24). The Morgan fingerprint density at radius 3 is 2.69 bits per heavy atom. The Bertz CT molecular complexity index is 826. The summed E-state index contributed by atoms with van der Waals surface area (Å²) in [4.78, 5) is 1.47. The quantitative estimate of drug-likeness (QED) is 0.403. The molecular formula is C17H14F3N3S3. The van der Waals surface area contributed by atoms with Gasteiger partial charge in [-0.2, -0.15) is 13.9 Å². The third-order valence-electron chi connectivity index (χ3n) is 3.48. The van der Waals surface area contributed by atoms with Crippen molar-refractivity contribution in [3.63, 3.8) is 0 Å². The third kappa shape index (κ3) is 5.15. The Kier molecular flexibility index (Phi) is 6.44. The second kappa shape index (κ2) is 8.79. The zero-order chi connectivity index (χ0) is 18.5. The first-order valence-corrected chi connectivity index (χ1v) is 9.90. The van der Waals surface area contributed by atoms with Crippen molar-refractivity contribution in [3.8, 4) is 0 Å². The van der Waals surface area contributed by atoms with Crippen LogP contribution in [0.25, 0.3) is 0 Å². The molecule has 26 heavy (non-hydrogen) atoms. The Hall–Kier alpha value is -1.71. The van der Waals surface area contributed by atoms with Crippen molar-refractivity contribution in [2.24, 2.45) is 5.10 Å². The van der Waals surface area contributed by atoms with E-state index in [0.717, 1.165) is 21.9 Å². The van der Waals surface area contributed by atoms with Gasteiger partial charge in [-0.1, -0.05) is 11.8 Å². The van der Waals surface area contributed by atoms with Gasteiger partial charge in [-0.3, -0.25) is 5.43 Å². The number of thioether (sulfide) groups is 2. The summed E-state index contributed by atoms with van der Waals surface area (Å²) < 4.78 is 38.1. The second-order valence-electron chi connectivity index (χ2n) is 5.27. The lowest BCUT2D eigenvalue weighted by atomic mass is 10.1. The number of alkyl halides is 2. The van der Waals surface area contributed by atoms with Crippen LogP contribution in [0.1, 0.15) is 12.0 Å². The summed E-state index contributed by atoms with van der Waals surface area (Å²) in [6.45, 7) is 0. The minimum atomic E-state index is -2.45. The van der Waals surface area contributed by atoms with E-state index in [1.54, 1.807) is 42.1 Å². The lowest BCUT2D eigenvalue weighted by Crippen LogP contribution is -2.26. The van der Waals surface area contributed by atoms with E-state index < -0.39 is 5.76 Å². The van der Waals surface area contributed by atoms with Crippen LogP contribution in [0, 0.1) is 5.82 Å². The van der Waals surface area contributed by atoms with Crippen LogP contribution in [0.4, 0.5) is 18.9 Å². The molecule has 1 aliphatic heterocycles. The van der Waals surface area contributed by atoms with Gasteiger partial charge in [0.1, 0.15) is 5.82 Å². The Morgan fingerprint density at radius 2 is 1.96 bits per heavy atom. The molecule has 0 aromatic heterocycles. The average Bonchev–Trinajstić information content (AvgIpc) is 2.61. The summed E-state index contributed by atoms with van der Waals surface area (Å²) in [5, 5.41) is 7.50. The summed E-state index contributed by atoms with van der Waals surface area (Å²) >= 11 is 7.35. The molecule has 0 spiro atoms. The van der Waals surface area contributed by atoms with E-state index >= 15 is 0 Å². The Labute approximate surface area is 162 Å². The van der Waals surface area contributed by atoms with E-state index in [1.807, 2.05) is 0 Å². The van der Waals surface area contributed by atoms with Gasteiger partial charge >= 0.3 is 0 Å². The first-order valence-electron chi connectivity index (χ1n) is 7.62. The first-order chi connectivity index (χ1) is 12.5. The summed E-state index contributed by atoms with van der Waals surface area (Å²) in [7, 11) is 0. The zero-order valence-corrected chi connectivity index (χ0v) is 15.8. The fourth-order valence-electron chi connectivity index (χ4n) is 2.36. The van der Waals surface area contributed by atoms with Crippen molar-refractivity contribution in [1.29, 1.82) is 0 Å². The molecule has 1 heterocycles.